The van der Waals surface area contributed by atoms with Crippen LogP contribution in [0.4, 0.5) is 4.39 Å². The molecule has 2 heterocycles. The summed E-state index contributed by atoms with van der Waals surface area (Å²) >= 11 is 3.19. The van der Waals surface area contributed by atoms with Gasteiger partial charge in [0.15, 0.2) is 5.65 Å². The monoisotopic (exact) mass is 215 g/mol. The van der Waals surface area contributed by atoms with Crippen LogP contribution in [-0.2, 0) is 0 Å². The van der Waals surface area contributed by atoms with Gasteiger partial charge in [-0.2, -0.15) is 4.39 Å². The average Bonchev–Trinajstić information content (AvgIpc) is 2.34. The fraction of sp³-hybridized carbons (Fsp3) is 0. The Kier molecular flexibility index (Phi) is 1.38. The van der Waals surface area contributed by atoms with Gasteiger partial charge in [-0.15, -0.1) is 5.10 Å². The van der Waals surface area contributed by atoms with E-state index in [1.165, 1.54) is 0 Å². The Hall–Kier alpha value is -0.970. The maximum atomic E-state index is 12.8. The Labute approximate surface area is 69.8 Å². The van der Waals surface area contributed by atoms with Crippen molar-refractivity contribution in [2.45, 2.75) is 0 Å². The predicted molar refractivity (Wildman–Crippen MR) is 41.5 cm³/mol. The van der Waals surface area contributed by atoms with E-state index >= 15 is 0 Å². The number of fused-ring (bicyclic) bond motifs is 1. The molecule has 2 rings (SSSR count). The summed E-state index contributed by atoms with van der Waals surface area (Å²) in [6.07, 6.45) is 1.57. The molecule has 2 aromatic heterocycles. The zero-order chi connectivity index (χ0) is 7.84. The van der Waals surface area contributed by atoms with Gasteiger partial charge in [-0.1, -0.05) is 0 Å². The largest absolute Gasteiger partial charge is 0.258 e. The number of aromatic nitrogens is 3. The molecular weight excluding hydrogens is 213 g/mol. The van der Waals surface area contributed by atoms with E-state index in [1.807, 2.05) is 0 Å². The first-order valence-electron chi connectivity index (χ1n) is 2.93. The zero-order valence-corrected chi connectivity index (χ0v) is 6.89. The number of nitrogens with zero attached hydrogens (tertiary/aromatic N) is 2. The van der Waals surface area contributed by atoms with E-state index in [4.69, 9.17) is 0 Å². The summed E-state index contributed by atoms with van der Waals surface area (Å²) in [5.74, 6) is -0.528. The summed E-state index contributed by atoms with van der Waals surface area (Å²) in [5, 5.41) is 6.23. The molecule has 0 atom stereocenters. The second-order valence-electron chi connectivity index (χ2n) is 2.03. The molecule has 0 saturated heterocycles. The first-order chi connectivity index (χ1) is 5.29. The molecule has 56 valence electrons. The molecule has 0 aliphatic heterocycles. The molecule has 0 spiro atoms. The summed E-state index contributed by atoms with van der Waals surface area (Å²) in [5.41, 5.74) is 0.455. The molecule has 0 aliphatic rings. The highest BCUT2D eigenvalue weighted by molar-refractivity contribution is 9.10. The second kappa shape index (κ2) is 2.27. The van der Waals surface area contributed by atoms with Gasteiger partial charge in [-0.05, 0) is 22.0 Å². The fourth-order valence-electron chi connectivity index (χ4n) is 0.877. The van der Waals surface area contributed by atoms with Crippen molar-refractivity contribution >= 4 is 27.0 Å². The van der Waals surface area contributed by atoms with Crippen molar-refractivity contribution in [2.75, 3.05) is 0 Å². The topological polar surface area (TPSA) is 41.6 Å². The van der Waals surface area contributed by atoms with Crippen LogP contribution in [0.25, 0.3) is 11.0 Å². The molecule has 5 heteroatoms. The number of hydrogen-bond donors (Lipinski definition) is 1. The van der Waals surface area contributed by atoms with Crippen LogP contribution in [0, 0.1) is 5.95 Å². The van der Waals surface area contributed by atoms with Crippen LogP contribution in [0.2, 0.25) is 0 Å². The fourth-order valence-corrected chi connectivity index (χ4v) is 1.35. The van der Waals surface area contributed by atoms with Gasteiger partial charge in [0.1, 0.15) is 0 Å². The lowest BCUT2D eigenvalue weighted by molar-refractivity contribution is 0.588. The summed E-state index contributed by atoms with van der Waals surface area (Å²) in [6.45, 7) is 0. The van der Waals surface area contributed by atoms with Crippen LogP contribution in [0.1, 0.15) is 0 Å². The number of halogens is 2. The third kappa shape index (κ3) is 0.920. The van der Waals surface area contributed by atoms with E-state index in [0.717, 1.165) is 0 Å². The van der Waals surface area contributed by atoms with E-state index in [9.17, 15) is 4.39 Å². The van der Waals surface area contributed by atoms with Crippen LogP contribution in [0.5, 0.6) is 0 Å². The number of rotatable bonds is 0. The summed E-state index contributed by atoms with van der Waals surface area (Å²) in [7, 11) is 0. The van der Waals surface area contributed by atoms with Gasteiger partial charge in [0.25, 0.3) is 0 Å². The Morgan fingerprint density at radius 1 is 1.55 bits per heavy atom. The lowest BCUT2D eigenvalue weighted by Crippen LogP contribution is -1.76. The molecular formula is C6H3BrFN3. The normalized spacial score (nSPS) is 10.7. The SMILES string of the molecule is Fc1n[nH]c2nccc(Br)c12. The highest BCUT2D eigenvalue weighted by Gasteiger charge is 2.07. The van der Waals surface area contributed by atoms with Gasteiger partial charge < -0.3 is 0 Å². The minimum Gasteiger partial charge on any atom is -0.258 e. The van der Waals surface area contributed by atoms with Crippen molar-refractivity contribution in [3.63, 3.8) is 0 Å². The van der Waals surface area contributed by atoms with Crippen LogP contribution >= 0.6 is 15.9 Å². The Morgan fingerprint density at radius 2 is 2.36 bits per heavy atom. The Bertz CT molecular complexity index is 398. The molecule has 0 aliphatic carbocycles. The van der Waals surface area contributed by atoms with E-state index in [1.54, 1.807) is 12.3 Å². The van der Waals surface area contributed by atoms with Crippen molar-refractivity contribution in [3.05, 3.63) is 22.7 Å². The van der Waals surface area contributed by atoms with Gasteiger partial charge in [-0.3, -0.25) is 5.10 Å². The van der Waals surface area contributed by atoms with Crippen molar-refractivity contribution in [1.82, 2.24) is 15.2 Å². The number of nitrogens with one attached hydrogen (secondary N) is 1. The minimum absolute atomic E-state index is 0.396. The maximum Gasteiger partial charge on any atom is 0.243 e. The standard InChI is InChI=1S/C6H3BrFN3/c7-3-1-2-9-6-4(3)5(8)10-11-6/h1-2H,(H,9,10,11). The number of H-pyrrole nitrogens is 1. The quantitative estimate of drug-likeness (QED) is 0.730. The summed E-state index contributed by atoms with van der Waals surface area (Å²) in [4.78, 5) is 3.87. The molecule has 2 aromatic rings. The highest BCUT2D eigenvalue weighted by Crippen LogP contribution is 2.21. The molecule has 0 amide bonds. The first kappa shape index (κ1) is 6.72. The number of hydrogen-bond acceptors (Lipinski definition) is 2. The van der Waals surface area contributed by atoms with Crippen molar-refractivity contribution in [3.8, 4) is 0 Å². The third-order valence-corrected chi connectivity index (χ3v) is 2.03. The molecule has 0 saturated carbocycles. The maximum absolute atomic E-state index is 12.8. The average molecular weight is 216 g/mol. The molecule has 0 radical (unpaired) electrons. The van der Waals surface area contributed by atoms with Crippen LogP contribution in [0.15, 0.2) is 16.7 Å². The third-order valence-electron chi connectivity index (χ3n) is 1.37. The van der Waals surface area contributed by atoms with E-state index < -0.39 is 5.95 Å². The van der Waals surface area contributed by atoms with E-state index in [-0.39, 0.29) is 0 Å². The van der Waals surface area contributed by atoms with Crippen molar-refractivity contribution < 1.29 is 4.39 Å². The summed E-state index contributed by atoms with van der Waals surface area (Å²) < 4.78 is 13.5. The molecule has 0 aromatic carbocycles. The number of aromatic amines is 1. The zero-order valence-electron chi connectivity index (χ0n) is 5.31. The Morgan fingerprint density at radius 3 is 3.09 bits per heavy atom. The first-order valence-corrected chi connectivity index (χ1v) is 3.72. The molecule has 0 unspecified atom stereocenters. The van der Waals surface area contributed by atoms with Crippen molar-refractivity contribution in [1.29, 1.82) is 0 Å². The Balaban J connectivity index is 2.96. The van der Waals surface area contributed by atoms with Crippen LogP contribution in [0.3, 0.4) is 0 Å². The lowest BCUT2D eigenvalue weighted by Gasteiger charge is -1.89. The van der Waals surface area contributed by atoms with Gasteiger partial charge in [0.05, 0.1) is 5.39 Å². The molecule has 0 fully saturated rings. The molecule has 0 bridgehead atoms. The van der Waals surface area contributed by atoms with Gasteiger partial charge in [-0.25, -0.2) is 4.98 Å². The second-order valence-corrected chi connectivity index (χ2v) is 2.89. The van der Waals surface area contributed by atoms with Crippen molar-refractivity contribution in [2.24, 2.45) is 0 Å². The van der Waals surface area contributed by atoms with E-state index in [2.05, 4.69) is 31.1 Å². The smallest absolute Gasteiger partial charge is 0.243 e. The lowest BCUT2D eigenvalue weighted by atomic mass is 10.3. The van der Waals surface area contributed by atoms with Gasteiger partial charge in [0.2, 0.25) is 5.95 Å². The predicted octanol–water partition coefficient (Wildman–Crippen LogP) is 1.86. The minimum atomic E-state index is -0.528. The molecule has 3 nitrogen and oxygen atoms in total. The van der Waals surface area contributed by atoms with Gasteiger partial charge >= 0.3 is 0 Å². The van der Waals surface area contributed by atoms with Crippen LogP contribution < -0.4 is 0 Å². The number of pyridine rings is 1. The molecule has 1 N–H and O–H groups in total. The molecule has 11 heavy (non-hydrogen) atoms. The van der Waals surface area contributed by atoms with Gasteiger partial charge in [0, 0.05) is 10.7 Å². The highest BCUT2D eigenvalue weighted by atomic mass is 79.9. The van der Waals surface area contributed by atoms with E-state index in [0.29, 0.717) is 15.5 Å². The summed E-state index contributed by atoms with van der Waals surface area (Å²) in [6, 6.07) is 1.67. The van der Waals surface area contributed by atoms with Crippen LogP contribution in [-0.4, -0.2) is 15.2 Å².